The van der Waals surface area contributed by atoms with Crippen LogP contribution >= 0.6 is 11.6 Å². The van der Waals surface area contributed by atoms with Gasteiger partial charge in [-0.3, -0.25) is 9.78 Å². The molecule has 1 aliphatic heterocycles. The lowest BCUT2D eigenvalue weighted by molar-refractivity contribution is -0.0441. The van der Waals surface area contributed by atoms with Crippen LogP contribution in [0.3, 0.4) is 0 Å². The van der Waals surface area contributed by atoms with E-state index in [-0.39, 0.29) is 12.2 Å². The molecule has 1 aromatic heterocycles. The second-order valence-electron chi connectivity index (χ2n) is 4.51. The second kappa shape index (κ2) is 6.22. The van der Waals surface area contributed by atoms with E-state index < -0.39 is 0 Å². The van der Waals surface area contributed by atoms with Crippen molar-refractivity contribution in [3.05, 3.63) is 58.9 Å². The number of nitrogens with one attached hydrogen (secondary N) is 1. The SMILES string of the molecule is O=C(Nc1ccc(C2OCCO2)cc1)c1cnccc1Cl. The maximum absolute atomic E-state index is 12.1. The molecule has 0 bridgehead atoms. The first-order chi connectivity index (χ1) is 10.2. The summed E-state index contributed by atoms with van der Waals surface area (Å²) in [7, 11) is 0. The van der Waals surface area contributed by atoms with Gasteiger partial charge in [-0.25, -0.2) is 0 Å². The number of ether oxygens (including phenoxy) is 2. The third-order valence-corrected chi connectivity index (χ3v) is 3.40. The fourth-order valence-corrected chi connectivity index (χ4v) is 2.21. The largest absolute Gasteiger partial charge is 0.346 e. The number of halogens is 1. The minimum absolute atomic E-state index is 0.297. The quantitative estimate of drug-likeness (QED) is 0.947. The molecule has 1 fully saturated rings. The first-order valence-electron chi connectivity index (χ1n) is 6.48. The number of hydrogen-bond acceptors (Lipinski definition) is 4. The van der Waals surface area contributed by atoms with Crippen molar-refractivity contribution in [3.63, 3.8) is 0 Å². The summed E-state index contributed by atoms with van der Waals surface area (Å²) < 4.78 is 10.8. The highest BCUT2D eigenvalue weighted by Crippen LogP contribution is 2.24. The van der Waals surface area contributed by atoms with Crippen LogP contribution in [-0.4, -0.2) is 24.1 Å². The third-order valence-electron chi connectivity index (χ3n) is 3.07. The van der Waals surface area contributed by atoms with Gasteiger partial charge in [0.15, 0.2) is 6.29 Å². The zero-order valence-corrected chi connectivity index (χ0v) is 11.8. The maximum atomic E-state index is 12.1. The van der Waals surface area contributed by atoms with Crippen molar-refractivity contribution in [1.82, 2.24) is 4.98 Å². The van der Waals surface area contributed by atoms with Gasteiger partial charge in [0.25, 0.3) is 5.91 Å². The molecule has 3 rings (SSSR count). The van der Waals surface area contributed by atoms with E-state index in [1.165, 1.54) is 12.4 Å². The molecule has 21 heavy (non-hydrogen) atoms. The Balaban J connectivity index is 1.70. The molecule has 6 heteroatoms. The number of nitrogens with zero attached hydrogens (tertiary/aromatic N) is 1. The van der Waals surface area contributed by atoms with Gasteiger partial charge in [0, 0.05) is 23.6 Å². The molecule has 0 radical (unpaired) electrons. The predicted octanol–water partition coefficient (Wildman–Crippen LogP) is 3.03. The summed E-state index contributed by atoms with van der Waals surface area (Å²) in [6, 6.07) is 8.88. The van der Waals surface area contributed by atoms with E-state index in [0.29, 0.717) is 29.5 Å². The van der Waals surface area contributed by atoms with Crippen molar-refractivity contribution in [2.24, 2.45) is 0 Å². The van der Waals surface area contributed by atoms with Gasteiger partial charge in [-0.1, -0.05) is 23.7 Å². The fourth-order valence-electron chi connectivity index (χ4n) is 2.02. The van der Waals surface area contributed by atoms with Crippen molar-refractivity contribution < 1.29 is 14.3 Å². The van der Waals surface area contributed by atoms with Crippen LogP contribution in [-0.2, 0) is 9.47 Å². The molecule has 108 valence electrons. The number of pyridine rings is 1. The molecule has 1 saturated heterocycles. The highest BCUT2D eigenvalue weighted by molar-refractivity contribution is 6.34. The van der Waals surface area contributed by atoms with Gasteiger partial charge in [-0.2, -0.15) is 0 Å². The molecule has 0 spiro atoms. The summed E-state index contributed by atoms with van der Waals surface area (Å²) in [5.74, 6) is -0.297. The fraction of sp³-hybridized carbons (Fsp3) is 0.200. The summed E-state index contributed by atoms with van der Waals surface area (Å²) in [5, 5.41) is 3.14. The number of rotatable bonds is 3. The first kappa shape index (κ1) is 14.0. The average molecular weight is 305 g/mol. The minimum atomic E-state index is -0.317. The van der Waals surface area contributed by atoms with Crippen molar-refractivity contribution in [2.45, 2.75) is 6.29 Å². The van der Waals surface area contributed by atoms with Crippen LogP contribution in [0.15, 0.2) is 42.7 Å². The Kier molecular flexibility index (Phi) is 4.15. The van der Waals surface area contributed by atoms with Gasteiger partial charge in [-0.15, -0.1) is 0 Å². The molecule has 0 unspecified atom stereocenters. The van der Waals surface area contributed by atoms with Crippen LogP contribution < -0.4 is 5.32 Å². The Hall–Kier alpha value is -1.95. The minimum Gasteiger partial charge on any atom is -0.346 e. The summed E-state index contributed by atoms with van der Waals surface area (Å²) in [4.78, 5) is 16.0. The molecule has 2 aromatic rings. The van der Waals surface area contributed by atoms with Crippen molar-refractivity contribution in [2.75, 3.05) is 18.5 Å². The molecule has 1 aliphatic rings. The highest BCUT2D eigenvalue weighted by atomic mass is 35.5. The van der Waals surface area contributed by atoms with Crippen LogP contribution in [0, 0.1) is 0 Å². The molecule has 2 heterocycles. The number of carbonyl (C=O) groups excluding carboxylic acids is 1. The van der Waals surface area contributed by atoms with Gasteiger partial charge in [0.05, 0.1) is 23.8 Å². The summed E-state index contributed by atoms with van der Waals surface area (Å²) in [6.45, 7) is 1.20. The molecule has 5 nitrogen and oxygen atoms in total. The molecule has 1 amide bonds. The topological polar surface area (TPSA) is 60.5 Å². The van der Waals surface area contributed by atoms with E-state index in [2.05, 4.69) is 10.3 Å². The zero-order chi connectivity index (χ0) is 14.7. The van der Waals surface area contributed by atoms with Crippen molar-refractivity contribution in [1.29, 1.82) is 0 Å². The summed E-state index contributed by atoms with van der Waals surface area (Å²) >= 11 is 5.96. The Morgan fingerprint density at radius 1 is 1.19 bits per heavy atom. The number of hydrogen-bond donors (Lipinski definition) is 1. The summed E-state index contributed by atoms with van der Waals surface area (Å²) in [5.41, 5.74) is 1.93. The van der Waals surface area contributed by atoms with Crippen LogP contribution in [0.2, 0.25) is 5.02 Å². The van der Waals surface area contributed by atoms with E-state index in [0.717, 1.165) is 5.56 Å². The van der Waals surface area contributed by atoms with E-state index in [1.807, 2.05) is 12.1 Å². The number of amides is 1. The standard InChI is InChI=1S/C15H13ClN2O3/c16-13-5-6-17-9-12(13)14(19)18-11-3-1-10(2-4-11)15-20-7-8-21-15/h1-6,9,15H,7-8H2,(H,18,19). The van der Waals surface area contributed by atoms with Crippen LogP contribution in [0.4, 0.5) is 5.69 Å². The van der Waals surface area contributed by atoms with Crippen molar-refractivity contribution in [3.8, 4) is 0 Å². The predicted molar refractivity (Wildman–Crippen MR) is 78.3 cm³/mol. The second-order valence-corrected chi connectivity index (χ2v) is 4.91. The van der Waals surface area contributed by atoms with Gasteiger partial charge in [0.1, 0.15) is 0 Å². The Morgan fingerprint density at radius 3 is 2.57 bits per heavy atom. The molecule has 0 saturated carbocycles. The van der Waals surface area contributed by atoms with Crippen LogP contribution in [0.5, 0.6) is 0 Å². The van der Waals surface area contributed by atoms with E-state index in [9.17, 15) is 4.79 Å². The molecular formula is C15H13ClN2O3. The Morgan fingerprint density at radius 2 is 1.90 bits per heavy atom. The summed E-state index contributed by atoms with van der Waals surface area (Å²) in [6.07, 6.45) is 2.66. The zero-order valence-electron chi connectivity index (χ0n) is 11.1. The van der Waals surface area contributed by atoms with E-state index in [4.69, 9.17) is 21.1 Å². The van der Waals surface area contributed by atoms with Crippen LogP contribution in [0.25, 0.3) is 0 Å². The van der Waals surface area contributed by atoms with Gasteiger partial charge < -0.3 is 14.8 Å². The third kappa shape index (κ3) is 3.21. The molecule has 0 atom stereocenters. The Bertz CT molecular complexity index is 640. The number of benzene rings is 1. The lowest BCUT2D eigenvalue weighted by Gasteiger charge is -2.11. The average Bonchev–Trinajstić information content (AvgIpc) is 3.02. The maximum Gasteiger partial charge on any atom is 0.258 e. The van der Waals surface area contributed by atoms with Crippen molar-refractivity contribution >= 4 is 23.2 Å². The molecule has 1 N–H and O–H groups in total. The first-order valence-corrected chi connectivity index (χ1v) is 6.86. The number of anilines is 1. The number of aromatic nitrogens is 1. The highest BCUT2D eigenvalue weighted by Gasteiger charge is 2.18. The number of carbonyl (C=O) groups is 1. The van der Waals surface area contributed by atoms with Gasteiger partial charge in [-0.05, 0) is 18.2 Å². The van der Waals surface area contributed by atoms with Crippen LogP contribution in [0.1, 0.15) is 22.2 Å². The Labute approximate surface area is 126 Å². The molecule has 1 aromatic carbocycles. The normalized spacial score (nSPS) is 15.1. The van der Waals surface area contributed by atoms with E-state index >= 15 is 0 Å². The van der Waals surface area contributed by atoms with Gasteiger partial charge >= 0.3 is 0 Å². The molecular weight excluding hydrogens is 292 g/mol. The van der Waals surface area contributed by atoms with E-state index in [1.54, 1.807) is 18.2 Å². The lowest BCUT2D eigenvalue weighted by atomic mass is 10.2. The monoisotopic (exact) mass is 304 g/mol. The lowest BCUT2D eigenvalue weighted by Crippen LogP contribution is -2.12. The smallest absolute Gasteiger partial charge is 0.258 e. The molecule has 0 aliphatic carbocycles. The van der Waals surface area contributed by atoms with Gasteiger partial charge in [0.2, 0.25) is 0 Å².